The van der Waals surface area contributed by atoms with E-state index >= 15 is 0 Å². The van der Waals surface area contributed by atoms with Gasteiger partial charge in [0.25, 0.3) is 11.5 Å². The monoisotopic (exact) mass is 426 g/mol. The molecular formula is C25H22N4O3. The van der Waals surface area contributed by atoms with Crippen molar-refractivity contribution in [2.75, 3.05) is 5.32 Å². The van der Waals surface area contributed by atoms with Crippen molar-refractivity contribution in [2.45, 2.75) is 26.7 Å². The number of ketones is 1. The third-order valence-electron chi connectivity index (χ3n) is 5.76. The minimum atomic E-state index is -0.612. The molecule has 2 aromatic heterocycles. The number of benzene rings is 2. The van der Waals surface area contributed by atoms with Crippen molar-refractivity contribution in [3.8, 4) is 5.69 Å². The molecule has 2 heterocycles. The van der Waals surface area contributed by atoms with Crippen LogP contribution in [0.1, 0.15) is 46.7 Å². The van der Waals surface area contributed by atoms with Gasteiger partial charge in [-0.3, -0.25) is 24.3 Å². The molecule has 0 saturated heterocycles. The van der Waals surface area contributed by atoms with Gasteiger partial charge in [-0.15, -0.1) is 0 Å². The Morgan fingerprint density at radius 1 is 1.03 bits per heavy atom. The lowest BCUT2D eigenvalue weighted by atomic mass is 9.75. The molecule has 2 aromatic carbocycles. The van der Waals surface area contributed by atoms with Gasteiger partial charge in [-0.1, -0.05) is 44.2 Å². The maximum atomic E-state index is 13.1. The predicted octanol–water partition coefficient (Wildman–Crippen LogP) is 4.12. The first kappa shape index (κ1) is 19.9. The van der Waals surface area contributed by atoms with Gasteiger partial charge in [0.1, 0.15) is 5.56 Å². The smallest absolute Gasteiger partial charge is 0.263 e. The topological polar surface area (TPSA) is 96.8 Å². The standard InChI is InChI=1S/C25H22N4O3/c1-25(2)13-19-16(21(30)14-25)12-17(22(31)26-19)23(32)28-24-27-18-10-6-7-11-20(18)29(24)15-8-4-3-5-9-15/h3-12H,13-14H2,1-2H3,(H,26,31)(H,27,28,32). The van der Waals surface area contributed by atoms with Crippen LogP contribution >= 0.6 is 0 Å². The molecule has 1 amide bonds. The van der Waals surface area contributed by atoms with Crippen LogP contribution < -0.4 is 10.9 Å². The summed E-state index contributed by atoms with van der Waals surface area (Å²) < 4.78 is 1.83. The van der Waals surface area contributed by atoms with Crippen molar-refractivity contribution in [1.29, 1.82) is 0 Å². The highest BCUT2D eigenvalue weighted by atomic mass is 16.2. The number of rotatable bonds is 3. The number of para-hydroxylation sites is 3. The Morgan fingerprint density at radius 2 is 1.75 bits per heavy atom. The molecule has 0 fully saturated rings. The maximum Gasteiger partial charge on any atom is 0.263 e. The normalized spacial score (nSPS) is 14.9. The minimum Gasteiger partial charge on any atom is -0.325 e. The first-order chi connectivity index (χ1) is 15.3. The van der Waals surface area contributed by atoms with Crippen molar-refractivity contribution in [3.63, 3.8) is 0 Å². The molecule has 5 rings (SSSR count). The van der Waals surface area contributed by atoms with Gasteiger partial charge in [0.15, 0.2) is 5.78 Å². The maximum absolute atomic E-state index is 13.1. The summed E-state index contributed by atoms with van der Waals surface area (Å²) in [6.45, 7) is 3.97. The Bertz CT molecular complexity index is 1430. The van der Waals surface area contributed by atoms with E-state index in [1.807, 2.05) is 73.0 Å². The van der Waals surface area contributed by atoms with E-state index in [0.717, 1.165) is 11.2 Å². The second-order valence-electron chi connectivity index (χ2n) is 8.89. The first-order valence-electron chi connectivity index (χ1n) is 10.5. The zero-order chi connectivity index (χ0) is 22.5. The molecule has 0 spiro atoms. The van der Waals surface area contributed by atoms with Gasteiger partial charge < -0.3 is 4.98 Å². The molecule has 0 radical (unpaired) electrons. The van der Waals surface area contributed by atoms with E-state index < -0.39 is 11.5 Å². The number of aromatic amines is 1. The Labute approximate surface area is 184 Å². The number of pyridine rings is 1. The second kappa shape index (κ2) is 7.30. The average molecular weight is 426 g/mol. The molecule has 0 bridgehead atoms. The van der Waals surface area contributed by atoms with Gasteiger partial charge in [0, 0.05) is 23.4 Å². The van der Waals surface area contributed by atoms with Crippen molar-refractivity contribution in [2.24, 2.45) is 5.41 Å². The summed E-state index contributed by atoms with van der Waals surface area (Å²) in [5, 5.41) is 2.78. The van der Waals surface area contributed by atoms with E-state index in [1.54, 1.807) is 0 Å². The fourth-order valence-corrected chi connectivity index (χ4v) is 4.31. The molecule has 7 nitrogen and oxygen atoms in total. The number of carbonyl (C=O) groups is 2. The third-order valence-corrected chi connectivity index (χ3v) is 5.76. The van der Waals surface area contributed by atoms with Gasteiger partial charge >= 0.3 is 0 Å². The number of hydrogen-bond donors (Lipinski definition) is 2. The van der Waals surface area contributed by atoms with E-state index in [-0.39, 0.29) is 16.8 Å². The molecule has 4 aromatic rings. The number of anilines is 1. The van der Waals surface area contributed by atoms with Crippen LogP contribution in [-0.4, -0.2) is 26.2 Å². The van der Waals surface area contributed by atoms with E-state index in [4.69, 9.17) is 0 Å². The Balaban J connectivity index is 1.57. The SMILES string of the molecule is CC1(C)CC(=O)c2cc(C(=O)Nc3nc4ccccc4n3-c3ccccc3)c(=O)[nH]c2C1. The first-order valence-corrected chi connectivity index (χ1v) is 10.5. The van der Waals surface area contributed by atoms with E-state index in [2.05, 4.69) is 15.3 Å². The Hall–Kier alpha value is -4.00. The lowest BCUT2D eigenvalue weighted by molar-refractivity contribution is 0.0910. The molecule has 0 atom stereocenters. The van der Waals surface area contributed by atoms with Crippen LogP contribution in [0.15, 0.2) is 65.5 Å². The molecular weight excluding hydrogens is 404 g/mol. The van der Waals surface area contributed by atoms with Gasteiger partial charge in [-0.2, -0.15) is 0 Å². The van der Waals surface area contributed by atoms with Crippen molar-refractivity contribution >= 4 is 28.7 Å². The summed E-state index contributed by atoms with van der Waals surface area (Å²) in [5.41, 5.74) is 2.51. The average Bonchev–Trinajstić information content (AvgIpc) is 3.10. The number of imidazole rings is 1. The lowest BCUT2D eigenvalue weighted by Crippen LogP contribution is -2.33. The van der Waals surface area contributed by atoms with Gasteiger partial charge in [-0.05, 0) is 42.2 Å². The van der Waals surface area contributed by atoms with Gasteiger partial charge in [0.2, 0.25) is 5.95 Å². The van der Waals surface area contributed by atoms with E-state index in [1.165, 1.54) is 6.07 Å². The van der Waals surface area contributed by atoms with Crippen LogP contribution in [0.5, 0.6) is 0 Å². The largest absolute Gasteiger partial charge is 0.325 e. The zero-order valence-corrected chi connectivity index (χ0v) is 17.8. The third kappa shape index (κ3) is 3.41. The molecule has 1 aliphatic carbocycles. The van der Waals surface area contributed by atoms with Crippen LogP contribution in [0.2, 0.25) is 0 Å². The van der Waals surface area contributed by atoms with E-state index in [9.17, 15) is 14.4 Å². The lowest BCUT2D eigenvalue weighted by Gasteiger charge is -2.29. The van der Waals surface area contributed by atoms with Crippen LogP contribution in [0.4, 0.5) is 5.95 Å². The van der Waals surface area contributed by atoms with Crippen LogP contribution in [0.25, 0.3) is 16.7 Å². The number of nitrogens with one attached hydrogen (secondary N) is 2. The molecule has 1 aliphatic rings. The number of carbonyl (C=O) groups excluding carboxylic acids is 2. The van der Waals surface area contributed by atoms with Crippen LogP contribution in [0.3, 0.4) is 0 Å². The highest BCUT2D eigenvalue weighted by Gasteiger charge is 2.32. The predicted molar refractivity (Wildman–Crippen MR) is 123 cm³/mol. The number of Topliss-reactive ketones (excluding diaryl/α,β-unsaturated/α-hetero) is 1. The highest BCUT2D eigenvalue weighted by molar-refractivity contribution is 6.06. The highest BCUT2D eigenvalue weighted by Crippen LogP contribution is 2.33. The Kier molecular flexibility index (Phi) is 4.55. The van der Waals surface area contributed by atoms with Gasteiger partial charge in [-0.25, -0.2) is 4.98 Å². The number of amides is 1. The van der Waals surface area contributed by atoms with Crippen molar-refractivity contribution < 1.29 is 9.59 Å². The molecule has 32 heavy (non-hydrogen) atoms. The number of nitrogens with zero attached hydrogens (tertiary/aromatic N) is 2. The summed E-state index contributed by atoms with van der Waals surface area (Å²) in [6.07, 6.45) is 0.950. The summed E-state index contributed by atoms with van der Waals surface area (Å²) in [6, 6.07) is 18.5. The van der Waals surface area contributed by atoms with Gasteiger partial charge in [0.05, 0.1) is 11.0 Å². The van der Waals surface area contributed by atoms with Crippen LogP contribution in [-0.2, 0) is 6.42 Å². The fourth-order valence-electron chi connectivity index (χ4n) is 4.31. The summed E-state index contributed by atoms with van der Waals surface area (Å²) >= 11 is 0. The zero-order valence-electron chi connectivity index (χ0n) is 17.8. The molecule has 0 saturated carbocycles. The molecule has 0 aliphatic heterocycles. The second-order valence-corrected chi connectivity index (χ2v) is 8.89. The summed E-state index contributed by atoms with van der Waals surface area (Å²) in [7, 11) is 0. The molecule has 2 N–H and O–H groups in total. The summed E-state index contributed by atoms with van der Waals surface area (Å²) in [5.74, 6) is -0.385. The van der Waals surface area contributed by atoms with E-state index in [0.29, 0.717) is 35.6 Å². The number of aromatic nitrogens is 3. The minimum absolute atomic E-state index is 0.0712. The molecule has 0 unspecified atom stereocenters. The molecule has 7 heteroatoms. The van der Waals surface area contributed by atoms with Crippen molar-refractivity contribution in [3.05, 3.63) is 87.8 Å². The number of hydrogen-bond acceptors (Lipinski definition) is 4. The summed E-state index contributed by atoms with van der Waals surface area (Å²) in [4.78, 5) is 45.8. The Morgan fingerprint density at radius 3 is 2.53 bits per heavy atom. The fraction of sp³-hybridized carbons (Fsp3) is 0.200. The molecule has 160 valence electrons. The van der Waals surface area contributed by atoms with Crippen molar-refractivity contribution in [1.82, 2.24) is 14.5 Å². The number of H-pyrrole nitrogens is 1. The number of fused-ring (bicyclic) bond motifs is 2. The van der Waals surface area contributed by atoms with Crippen LogP contribution in [0, 0.1) is 5.41 Å². The quantitative estimate of drug-likeness (QED) is 0.515.